The van der Waals surface area contributed by atoms with E-state index in [1.165, 1.54) is 6.07 Å². The Morgan fingerprint density at radius 1 is 1.24 bits per heavy atom. The molecule has 2 aliphatic rings. The van der Waals surface area contributed by atoms with Crippen molar-refractivity contribution in [1.29, 1.82) is 0 Å². The van der Waals surface area contributed by atoms with Crippen molar-refractivity contribution < 1.29 is 13.9 Å². The number of hydrogen-bond acceptors (Lipinski definition) is 4. The molecule has 2 saturated heterocycles. The lowest BCUT2D eigenvalue weighted by Crippen LogP contribution is -2.43. The van der Waals surface area contributed by atoms with Gasteiger partial charge in [-0.2, -0.15) is 0 Å². The predicted molar refractivity (Wildman–Crippen MR) is 76.1 cm³/mol. The number of nitrogens with one attached hydrogen (secondary N) is 1. The number of halogens is 1. The molecule has 0 spiro atoms. The van der Waals surface area contributed by atoms with Crippen LogP contribution in [0.5, 0.6) is 0 Å². The van der Waals surface area contributed by atoms with Crippen molar-refractivity contribution in [3.8, 4) is 0 Å². The van der Waals surface area contributed by atoms with E-state index < -0.39 is 0 Å². The second-order valence-electron chi connectivity index (χ2n) is 5.35. The lowest BCUT2D eigenvalue weighted by Gasteiger charge is -2.30. The molecule has 114 valence electrons. The number of amides is 1. The maximum atomic E-state index is 13.9. The van der Waals surface area contributed by atoms with Crippen molar-refractivity contribution >= 4 is 5.91 Å². The Balaban J connectivity index is 1.66. The second-order valence-corrected chi connectivity index (χ2v) is 5.35. The van der Waals surface area contributed by atoms with Gasteiger partial charge >= 0.3 is 0 Å². The van der Waals surface area contributed by atoms with Crippen LogP contribution in [-0.4, -0.2) is 61.6 Å². The zero-order chi connectivity index (χ0) is 14.7. The van der Waals surface area contributed by atoms with E-state index in [0.29, 0.717) is 12.1 Å². The molecule has 1 amide bonds. The second kappa shape index (κ2) is 6.51. The standard InChI is InChI=1S/C15H20FN3O2/c16-13-4-2-1-3-12(13)15-17-11-14(20)19(15)6-5-18-7-9-21-10-8-18/h1-4,15,17H,5-11H2. The van der Waals surface area contributed by atoms with E-state index in [2.05, 4.69) is 10.2 Å². The number of ether oxygens (including phenoxy) is 1. The molecule has 1 unspecified atom stereocenters. The summed E-state index contributed by atoms with van der Waals surface area (Å²) < 4.78 is 19.2. The van der Waals surface area contributed by atoms with Gasteiger partial charge in [-0.3, -0.25) is 15.0 Å². The first-order chi connectivity index (χ1) is 10.3. The average molecular weight is 293 g/mol. The quantitative estimate of drug-likeness (QED) is 0.882. The third kappa shape index (κ3) is 3.23. The van der Waals surface area contributed by atoms with Gasteiger partial charge in [-0.25, -0.2) is 4.39 Å². The van der Waals surface area contributed by atoms with Crippen LogP contribution in [0.3, 0.4) is 0 Å². The molecule has 2 aliphatic heterocycles. The number of morpholine rings is 1. The summed E-state index contributed by atoms with van der Waals surface area (Å²) in [5, 5.41) is 3.09. The third-order valence-electron chi connectivity index (χ3n) is 4.04. The molecule has 0 bridgehead atoms. The van der Waals surface area contributed by atoms with Gasteiger partial charge in [-0.05, 0) is 6.07 Å². The summed E-state index contributed by atoms with van der Waals surface area (Å²) in [5.41, 5.74) is 0.533. The molecule has 1 aromatic carbocycles. The summed E-state index contributed by atoms with van der Waals surface area (Å²) in [7, 11) is 0. The van der Waals surface area contributed by atoms with Crippen LogP contribution in [0.15, 0.2) is 24.3 Å². The highest BCUT2D eigenvalue weighted by atomic mass is 19.1. The first-order valence-electron chi connectivity index (χ1n) is 7.33. The summed E-state index contributed by atoms with van der Waals surface area (Å²) in [6.45, 7) is 4.92. The molecule has 2 fully saturated rings. The van der Waals surface area contributed by atoms with Gasteiger partial charge < -0.3 is 9.64 Å². The minimum Gasteiger partial charge on any atom is -0.379 e. The molecule has 5 nitrogen and oxygen atoms in total. The zero-order valence-corrected chi connectivity index (χ0v) is 11.9. The lowest BCUT2D eigenvalue weighted by molar-refractivity contribution is -0.128. The van der Waals surface area contributed by atoms with Gasteiger partial charge in [0.1, 0.15) is 12.0 Å². The summed E-state index contributed by atoms with van der Waals surface area (Å²) in [6.07, 6.45) is -0.361. The molecule has 0 aromatic heterocycles. The Morgan fingerprint density at radius 2 is 2.00 bits per heavy atom. The normalized spacial score (nSPS) is 23.8. The highest BCUT2D eigenvalue weighted by Crippen LogP contribution is 2.24. The van der Waals surface area contributed by atoms with E-state index in [1.54, 1.807) is 23.1 Å². The molecular formula is C15H20FN3O2. The van der Waals surface area contributed by atoms with Crippen LogP contribution in [0.2, 0.25) is 0 Å². The van der Waals surface area contributed by atoms with E-state index >= 15 is 0 Å². The first-order valence-corrected chi connectivity index (χ1v) is 7.33. The van der Waals surface area contributed by atoms with Gasteiger partial charge in [0, 0.05) is 31.7 Å². The predicted octanol–water partition coefficient (Wildman–Crippen LogP) is 0.588. The summed E-state index contributed by atoms with van der Waals surface area (Å²) in [5.74, 6) is -0.252. The number of carbonyl (C=O) groups is 1. The van der Waals surface area contributed by atoms with Gasteiger partial charge in [-0.1, -0.05) is 18.2 Å². The van der Waals surface area contributed by atoms with Crippen LogP contribution in [0.25, 0.3) is 0 Å². The molecule has 2 heterocycles. The number of benzene rings is 1. The minimum atomic E-state index is -0.361. The molecule has 21 heavy (non-hydrogen) atoms. The fraction of sp³-hybridized carbons (Fsp3) is 0.533. The van der Waals surface area contributed by atoms with Gasteiger partial charge in [0.15, 0.2) is 0 Å². The van der Waals surface area contributed by atoms with E-state index in [0.717, 1.165) is 32.8 Å². The molecule has 1 aromatic rings. The average Bonchev–Trinajstić information content (AvgIpc) is 2.88. The molecule has 0 saturated carbocycles. The highest BCUT2D eigenvalue weighted by Gasteiger charge is 2.33. The van der Waals surface area contributed by atoms with Crippen LogP contribution in [0, 0.1) is 5.82 Å². The largest absolute Gasteiger partial charge is 0.379 e. The van der Waals surface area contributed by atoms with Crippen molar-refractivity contribution in [3.63, 3.8) is 0 Å². The van der Waals surface area contributed by atoms with Gasteiger partial charge in [0.05, 0.1) is 19.8 Å². The minimum absolute atomic E-state index is 0.0245. The molecular weight excluding hydrogens is 273 g/mol. The van der Waals surface area contributed by atoms with E-state index in [1.807, 2.05) is 0 Å². The smallest absolute Gasteiger partial charge is 0.238 e. The van der Waals surface area contributed by atoms with Crippen LogP contribution < -0.4 is 5.32 Å². The molecule has 6 heteroatoms. The zero-order valence-electron chi connectivity index (χ0n) is 11.9. The van der Waals surface area contributed by atoms with Gasteiger partial charge in [0.25, 0.3) is 0 Å². The number of rotatable bonds is 4. The van der Waals surface area contributed by atoms with Crippen molar-refractivity contribution in [2.45, 2.75) is 6.17 Å². The Labute approximate surface area is 123 Å². The van der Waals surface area contributed by atoms with Crippen LogP contribution >= 0.6 is 0 Å². The fourth-order valence-corrected chi connectivity index (χ4v) is 2.84. The molecule has 1 N–H and O–H groups in total. The third-order valence-corrected chi connectivity index (χ3v) is 4.04. The topological polar surface area (TPSA) is 44.8 Å². The lowest BCUT2D eigenvalue weighted by atomic mass is 10.1. The van der Waals surface area contributed by atoms with Gasteiger partial charge in [-0.15, -0.1) is 0 Å². The fourth-order valence-electron chi connectivity index (χ4n) is 2.84. The molecule has 1 atom stereocenters. The monoisotopic (exact) mass is 293 g/mol. The van der Waals surface area contributed by atoms with Crippen LogP contribution in [0.4, 0.5) is 4.39 Å². The Kier molecular flexibility index (Phi) is 4.48. The Hall–Kier alpha value is -1.50. The maximum Gasteiger partial charge on any atom is 0.238 e. The van der Waals surface area contributed by atoms with E-state index in [-0.39, 0.29) is 24.4 Å². The number of nitrogens with zero attached hydrogens (tertiary/aromatic N) is 2. The van der Waals surface area contributed by atoms with Crippen molar-refractivity contribution in [2.75, 3.05) is 45.9 Å². The van der Waals surface area contributed by atoms with Crippen molar-refractivity contribution in [3.05, 3.63) is 35.6 Å². The van der Waals surface area contributed by atoms with Gasteiger partial charge in [0.2, 0.25) is 5.91 Å². The van der Waals surface area contributed by atoms with E-state index in [4.69, 9.17) is 4.74 Å². The Morgan fingerprint density at radius 3 is 2.76 bits per heavy atom. The van der Waals surface area contributed by atoms with Crippen LogP contribution in [0.1, 0.15) is 11.7 Å². The number of carbonyl (C=O) groups excluding carboxylic acids is 1. The number of hydrogen-bond donors (Lipinski definition) is 1. The molecule has 0 radical (unpaired) electrons. The summed E-state index contributed by atoms with van der Waals surface area (Å²) in [6, 6.07) is 6.62. The van der Waals surface area contributed by atoms with Crippen molar-refractivity contribution in [2.24, 2.45) is 0 Å². The van der Waals surface area contributed by atoms with Crippen molar-refractivity contribution in [1.82, 2.24) is 15.1 Å². The molecule has 0 aliphatic carbocycles. The SMILES string of the molecule is O=C1CNC(c2ccccc2F)N1CCN1CCOCC1. The summed E-state index contributed by atoms with van der Waals surface area (Å²) in [4.78, 5) is 16.0. The van der Waals surface area contributed by atoms with E-state index in [9.17, 15) is 9.18 Å². The maximum absolute atomic E-state index is 13.9. The van der Waals surface area contributed by atoms with Crippen LogP contribution in [-0.2, 0) is 9.53 Å². The first kappa shape index (κ1) is 14.4. The highest BCUT2D eigenvalue weighted by molar-refractivity contribution is 5.81. The Bertz CT molecular complexity index is 505. The molecule has 3 rings (SSSR count). The summed E-state index contributed by atoms with van der Waals surface area (Å²) >= 11 is 0.